The number of para-hydroxylation sites is 1. The van der Waals surface area contributed by atoms with Crippen LogP contribution in [0.1, 0.15) is 16.7 Å². The number of ether oxygens (including phenoxy) is 1. The average molecular weight is 508 g/mol. The van der Waals surface area contributed by atoms with Gasteiger partial charge >= 0.3 is 0 Å². The number of carbonyl (C=O) groups is 2. The monoisotopic (exact) mass is 507 g/mol. The highest BCUT2D eigenvalue weighted by Crippen LogP contribution is 2.39. The van der Waals surface area contributed by atoms with Crippen LogP contribution in [0.3, 0.4) is 0 Å². The third-order valence-electron chi connectivity index (χ3n) is 6.78. The molecule has 0 spiro atoms. The molecule has 1 atom stereocenters. The number of aliphatic hydroxyl groups excluding tert-OH is 2. The summed E-state index contributed by atoms with van der Waals surface area (Å²) in [5, 5.41) is 23.6. The van der Waals surface area contributed by atoms with Gasteiger partial charge in [0.2, 0.25) is 0 Å². The molecule has 1 aliphatic heterocycles. The minimum absolute atomic E-state index is 0.114. The summed E-state index contributed by atoms with van der Waals surface area (Å²) in [6, 6.07) is 22.9. The Labute approximate surface area is 217 Å². The van der Waals surface area contributed by atoms with Gasteiger partial charge in [-0.25, -0.2) is 0 Å². The molecule has 190 valence electrons. The van der Waals surface area contributed by atoms with E-state index >= 15 is 0 Å². The number of H-pyrrole nitrogens is 1. The van der Waals surface area contributed by atoms with Crippen molar-refractivity contribution in [2.75, 3.05) is 6.61 Å². The maximum Gasteiger partial charge on any atom is 0.259 e. The first kappa shape index (κ1) is 23.7. The maximum atomic E-state index is 13.2. The minimum atomic E-state index is -0.992. The summed E-state index contributed by atoms with van der Waals surface area (Å²) < 4.78 is 7.83. The van der Waals surface area contributed by atoms with Crippen molar-refractivity contribution >= 4 is 44.8 Å². The molecule has 0 bridgehead atoms. The van der Waals surface area contributed by atoms with E-state index in [0.29, 0.717) is 28.9 Å². The first-order valence-corrected chi connectivity index (χ1v) is 12.3. The Morgan fingerprint density at radius 1 is 0.868 bits per heavy atom. The fourth-order valence-electron chi connectivity index (χ4n) is 4.99. The van der Waals surface area contributed by atoms with Gasteiger partial charge in [0, 0.05) is 45.3 Å². The van der Waals surface area contributed by atoms with Gasteiger partial charge in [-0.1, -0.05) is 48.5 Å². The summed E-state index contributed by atoms with van der Waals surface area (Å²) in [4.78, 5) is 29.5. The summed E-state index contributed by atoms with van der Waals surface area (Å²) in [5.41, 5.74) is 4.31. The van der Waals surface area contributed by atoms with Gasteiger partial charge in [0.25, 0.3) is 11.8 Å². The molecular formula is C30H25N3O5. The summed E-state index contributed by atoms with van der Waals surface area (Å²) in [6.45, 7) is 0.0753. The molecule has 8 heteroatoms. The Hall–Kier alpha value is -4.66. The standard InChI is InChI=1S/C30H25N3O5/c34-16-19(35)14-33-15-24(22-12-20(10-11-26(22)33)38-17-18-6-2-1-3-7-18)28-27(29(36)32-30(28)37)23-13-31-25-9-5-4-8-21(23)25/h1-13,15,19,31,34-35H,14,16-17H2,(H,32,36,37). The molecule has 0 fully saturated rings. The summed E-state index contributed by atoms with van der Waals surface area (Å²) >= 11 is 0. The topological polar surface area (TPSA) is 117 Å². The van der Waals surface area contributed by atoms with Gasteiger partial charge in [-0.2, -0.15) is 0 Å². The molecule has 3 heterocycles. The number of fused-ring (bicyclic) bond motifs is 2. The quantitative estimate of drug-likeness (QED) is 0.240. The first-order chi connectivity index (χ1) is 18.5. The Balaban J connectivity index is 1.52. The second-order valence-electron chi connectivity index (χ2n) is 9.27. The van der Waals surface area contributed by atoms with E-state index in [9.17, 15) is 19.8 Å². The van der Waals surface area contributed by atoms with Crippen LogP contribution in [0.15, 0.2) is 85.2 Å². The van der Waals surface area contributed by atoms with Crippen molar-refractivity contribution in [3.63, 3.8) is 0 Å². The summed E-state index contributed by atoms with van der Waals surface area (Å²) in [5.74, 6) is -0.364. The van der Waals surface area contributed by atoms with E-state index < -0.39 is 24.5 Å². The largest absolute Gasteiger partial charge is 0.489 e. The minimum Gasteiger partial charge on any atom is -0.489 e. The number of benzene rings is 3. The predicted octanol–water partition coefficient (Wildman–Crippen LogP) is 3.62. The zero-order valence-corrected chi connectivity index (χ0v) is 20.3. The van der Waals surface area contributed by atoms with E-state index in [1.165, 1.54) is 0 Å². The van der Waals surface area contributed by atoms with Crippen molar-refractivity contribution in [2.45, 2.75) is 19.3 Å². The van der Waals surface area contributed by atoms with E-state index in [4.69, 9.17) is 4.74 Å². The van der Waals surface area contributed by atoms with Gasteiger partial charge in [-0.3, -0.25) is 14.9 Å². The normalized spacial score (nSPS) is 14.5. The molecule has 5 aromatic rings. The van der Waals surface area contributed by atoms with Crippen LogP contribution >= 0.6 is 0 Å². The zero-order chi connectivity index (χ0) is 26.2. The van der Waals surface area contributed by atoms with Crippen LogP contribution in [0, 0.1) is 0 Å². The molecule has 2 aromatic heterocycles. The number of hydrogen-bond acceptors (Lipinski definition) is 5. The fourth-order valence-corrected chi connectivity index (χ4v) is 4.99. The molecule has 4 N–H and O–H groups in total. The van der Waals surface area contributed by atoms with Crippen LogP contribution in [0.4, 0.5) is 0 Å². The number of nitrogens with one attached hydrogen (secondary N) is 2. The van der Waals surface area contributed by atoms with Gasteiger partial charge in [0.15, 0.2) is 0 Å². The number of aliphatic hydroxyl groups is 2. The number of hydrogen-bond donors (Lipinski definition) is 4. The molecule has 2 amide bonds. The Morgan fingerprint density at radius 2 is 1.61 bits per heavy atom. The van der Waals surface area contributed by atoms with E-state index in [0.717, 1.165) is 22.0 Å². The van der Waals surface area contributed by atoms with Crippen molar-refractivity contribution < 1.29 is 24.5 Å². The Kier molecular flexibility index (Phi) is 6.03. The molecular weight excluding hydrogens is 482 g/mol. The molecule has 1 unspecified atom stereocenters. The third kappa shape index (κ3) is 4.15. The van der Waals surface area contributed by atoms with Crippen LogP contribution in [-0.4, -0.2) is 44.3 Å². The van der Waals surface area contributed by atoms with Crippen molar-refractivity contribution in [1.82, 2.24) is 14.9 Å². The zero-order valence-electron chi connectivity index (χ0n) is 20.3. The predicted molar refractivity (Wildman–Crippen MR) is 144 cm³/mol. The highest BCUT2D eigenvalue weighted by atomic mass is 16.5. The number of aromatic nitrogens is 2. The second kappa shape index (κ2) is 9.66. The molecule has 3 aromatic carbocycles. The van der Waals surface area contributed by atoms with E-state index in [1.807, 2.05) is 72.8 Å². The fraction of sp³-hybridized carbons (Fsp3) is 0.133. The lowest BCUT2D eigenvalue weighted by Crippen LogP contribution is -2.22. The number of imide groups is 1. The molecule has 1 aliphatic rings. The number of rotatable bonds is 8. The van der Waals surface area contributed by atoms with Crippen LogP contribution in [-0.2, 0) is 22.7 Å². The molecule has 6 rings (SSSR count). The van der Waals surface area contributed by atoms with E-state index in [-0.39, 0.29) is 17.7 Å². The van der Waals surface area contributed by atoms with Gasteiger partial charge in [0.05, 0.1) is 30.4 Å². The number of aromatic amines is 1. The number of nitrogens with zero attached hydrogens (tertiary/aromatic N) is 1. The van der Waals surface area contributed by atoms with E-state index in [2.05, 4.69) is 10.3 Å². The van der Waals surface area contributed by atoms with Crippen molar-refractivity contribution in [3.05, 3.63) is 102 Å². The highest BCUT2D eigenvalue weighted by molar-refractivity contribution is 6.50. The van der Waals surface area contributed by atoms with Gasteiger partial charge in [-0.15, -0.1) is 0 Å². The van der Waals surface area contributed by atoms with Crippen LogP contribution in [0.25, 0.3) is 33.0 Å². The van der Waals surface area contributed by atoms with Crippen LogP contribution < -0.4 is 10.1 Å². The molecule has 8 nitrogen and oxygen atoms in total. The lowest BCUT2D eigenvalue weighted by Gasteiger charge is -2.10. The third-order valence-corrected chi connectivity index (χ3v) is 6.78. The SMILES string of the molecule is O=C1NC(=O)C(c2cn(CC(O)CO)c3ccc(OCc4ccccc4)cc23)=C1c1c[nH]c2ccccc12. The first-order valence-electron chi connectivity index (χ1n) is 12.3. The molecule has 0 aliphatic carbocycles. The molecule has 0 saturated heterocycles. The summed E-state index contributed by atoms with van der Waals surface area (Å²) in [7, 11) is 0. The van der Waals surface area contributed by atoms with Crippen molar-refractivity contribution in [3.8, 4) is 5.75 Å². The van der Waals surface area contributed by atoms with Crippen molar-refractivity contribution in [2.24, 2.45) is 0 Å². The Morgan fingerprint density at radius 3 is 2.39 bits per heavy atom. The lowest BCUT2D eigenvalue weighted by atomic mass is 9.95. The van der Waals surface area contributed by atoms with Gasteiger partial charge in [0.1, 0.15) is 12.4 Å². The summed E-state index contributed by atoms with van der Waals surface area (Å²) in [6.07, 6.45) is 2.49. The Bertz CT molecular complexity index is 1710. The van der Waals surface area contributed by atoms with Crippen molar-refractivity contribution in [1.29, 1.82) is 0 Å². The maximum absolute atomic E-state index is 13.2. The second-order valence-corrected chi connectivity index (χ2v) is 9.27. The lowest BCUT2D eigenvalue weighted by molar-refractivity contribution is -0.122. The van der Waals surface area contributed by atoms with Crippen LogP contribution in [0.2, 0.25) is 0 Å². The average Bonchev–Trinajstić information content (AvgIpc) is 3.60. The highest BCUT2D eigenvalue weighted by Gasteiger charge is 2.35. The molecule has 0 saturated carbocycles. The molecule has 0 radical (unpaired) electrons. The molecule has 38 heavy (non-hydrogen) atoms. The van der Waals surface area contributed by atoms with E-state index in [1.54, 1.807) is 17.0 Å². The van der Waals surface area contributed by atoms with Crippen LogP contribution in [0.5, 0.6) is 5.75 Å². The number of amides is 2. The van der Waals surface area contributed by atoms with Gasteiger partial charge < -0.3 is 24.5 Å². The van der Waals surface area contributed by atoms with Gasteiger partial charge in [-0.05, 0) is 29.8 Å². The number of carbonyl (C=O) groups excluding carboxylic acids is 2. The smallest absolute Gasteiger partial charge is 0.259 e.